The van der Waals surface area contributed by atoms with Crippen LogP contribution in [0.25, 0.3) is 6.08 Å². The van der Waals surface area contributed by atoms with Gasteiger partial charge in [-0.15, -0.1) is 0 Å². The van der Waals surface area contributed by atoms with Gasteiger partial charge in [-0.1, -0.05) is 18.2 Å². The quantitative estimate of drug-likeness (QED) is 0.752. The van der Waals surface area contributed by atoms with Crippen molar-refractivity contribution in [2.75, 3.05) is 6.61 Å². The third kappa shape index (κ3) is 3.32. The summed E-state index contributed by atoms with van der Waals surface area (Å²) in [5, 5.41) is 0. The third-order valence-corrected chi connectivity index (χ3v) is 2.56. The maximum atomic E-state index is 11.6. The number of fused-ring (bicyclic) bond motifs is 1. The number of hydrogen-bond acceptors (Lipinski definition) is 5. The highest BCUT2D eigenvalue weighted by Crippen LogP contribution is 2.26. The van der Waals surface area contributed by atoms with E-state index in [0.29, 0.717) is 5.76 Å². The molecular formula is C13H14N2O4. The Morgan fingerprint density at radius 3 is 2.84 bits per heavy atom. The molecule has 2 rings (SSSR count). The number of ether oxygens (including phenoxy) is 2. The molecule has 0 unspecified atom stereocenters. The molecule has 1 aliphatic rings. The normalized spacial score (nSPS) is 14.7. The lowest BCUT2D eigenvalue weighted by Gasteiger charge is -2.18. The maximum absolute atomic E-state index is 11.6. The predicted octanol–water partition coefficient (Wildman–Crippen LogP) is 0.166. The first-order valence-electron chi connectivity index (χ1n) is 5.74. The van der Waals surface area contributed by atoms with Crippen LogP contribution in [0.1, 0.15) is 12.0 Å². The molecule has 0 fully saturated rings. The summed E-state index contributed by atoms with van der Waals surface area (Å²) >= 11 is 0. The van der Waals surface area contributed by atoms with Crippen molar-refractivity contribution < 1.29 is 19.1 Å². The summed E-state index contributed by atoms with van der Waals surface area (Å²) in [5.41, 5.74) is 11.3. The molecule has 0 saturated heterocycles. The van der Waals surface area contributed by atoms with E-state index in [9.17, 15) is 9.59 Å². The zero-order chi connectivity index (χ0) is 13.8. The smallest absolute Gasteiger partial charge is 0.328 e. The van der Waals surface area contributed by atoms with Crippen LogP contribution in [0, 0.1) is 0 Å². The van der Waals surface area contributed by atoms with Gasteiger partial charge in [-0.3, -0.25) is 4.79 Å². The van der Waals surface area contributed by atoms with Crippen LogP contribution < -0.4 is 16.2 Å². The average Bonchev–Trinajstić information content (AvgIpc) is 2.37. The van der Waals surface area contributed by atoms with Crippen molar-refractivity contribution in [3.8, 4) is 5.75 Å². The van der Waals surface area contributed by atoms with E-state index in [2.05, 4.69) is 0 Å². The molecule has 0 aliphatic carbocycles. The standard InChI is InChI=1S/C13H14N2O4/c14-10(6-12(15)16)13(17)19-9-5-8-3-1-2-4-11(8)18-7-9/h1-5,10H,6-7,14H2,(H2,15,16)/t10-/m0/s1. The molecule has 1 aliphatic heterocycles. The third-order valence-electron chi connectivity index (χ3n) is 2.56. The lowest BCUT2D eigenvalue weighted by atomic mass is 10.1. The highest BCUT2D eigenvalue weighted by molar-refractivity contribution is 5.85. The van der Waals surface area contributed by atoms with Crippen LogP contribution in [-0.4, -0.2) is 24.5 Å². The Labute approximate surface area is 110 Å². The summed E-state index contributed by atoms with van der Waals surface area (Å²) in [6.45, 7) is 0.145. The van der Waals surface area contributed by atoms with E-state index < -0.39 is 17.9 Å². The van der Waals surface area contributed by atoms with Gasteiger partial charge in [-0.05, 0) is 12.1 Å². The fourth-order valence-electron chi connectivity index (χ4n) is 1.66. The zero-order valence-corrected chi connectivity index (χ0v) is 10.2. The number of carbonyl (C=O) groups excluding carboxylic acids is 2. The number of esters is 1. The van der Waals surface area contributed by atoms with E-state index in [0.717, 1.165) is 11.3 Å². The van der Waals surface area contributed by atoms with E-state index in [1.54, 1.807) is 6.08 Å². The summed E-state index contributed by atoms with van der Waals surface area (Å²) in [5.74, 6) is -0.274. The van der Waals surface area contributed by atoms with Gasteiger partial charge in [0.1, 0.15) is 24.2 Å². The molecule has 19 heavy (non-hydrogen) atoms. The summed E-state index contributed by atoms with van der Waals surface area (Å²) in [6, 6.07) is 6.31. The lowest BCUT2D eigenvalue weighted by Crippen LogP contribution is -2.36. The van der Waals surface area contributed by atoms with Crippen molar-refractivity contribution >= 4 is 18.0 Å². The van der Waals surface area contributed by atoms with E-state index in [-0.39, 0.29) is 13.0 Å². The summed E-state index contributed by atoms with van der Waals surface area (Å²) in [7, 11) is 0. The molecule has 1 aromatic carbocycles. The molecule has 0 bridgehead atoms. The monoisotopic (exact) mass is 262 g/mol. The van der Waals surface area contributed by atoms with Crippen LogP contribution >= 0.6 is 0 Å². The van der Waals surface area contributed by atoms with Crippen molar-refractivity contribution in [1.82, 2.24) is 0 Å². The molecule has 0 saturated carbocycles. The molecule has 6 nitrogen and oxygen atoms in total. The molecule has 100 valence electrons. The number of primary amides is 1. The topological polar surface area (TPSA) is 105 Å². The Kier molecular flexibility index (Phi) is 3.82. The van der Waals surface area contributed by atoms with Gasteiger partial charge in [0.05, 0.1) is 6.42 Å². The van der Waals surface area contributed by atoms with E-state index in [4.69, 9.17) is 20.9 Å². The summed E-state index contributed by atoms with van der Waals surface area (Å²) in [4.78, 5) is 22.3. The summed E-state index contributed by atoms with van der Waals surface area (Å²) < 4.78 is 10.5. The number of amides is 1. The minimum Gasteiger partial charge on any atom is -0.485 e. The van der Waals surface area contributed by atoms with Gasteiger partial charge in [0.25, 0.3) is 0 Å². The van der Waals surface area contributed by atoms with Crippen LogP contribution in [0.5, 0.6) is 5.75 Å². The molecular weight excluding hydrogens is 248 g/mol. The molecule has 6 heteroatoms. The molecule has 0 aromatic heterocycles. The number of para-hydroxylation sites is 1. The first kappa shape index (κ1) is 13.1. The number of carbonyl (C=O) groups is 2. The first-order chi connectivity index (χ1) is 9.06. The van der Waals surface area contributed by atoms with Crippen LogP contribution in [0.3, 0.4) is 0 Å². The predicted molar refractivity (Wildman–Crippen MR) is 67.8 cm³/mol. The summed E-state index contributed by atoms with van der Waals surface area (Å²) in [6.07, 6.45) is 1.46. The van der Waals surface area contributed by atoms with Gasteiger partial charge in [-0.2, -0.15) is 0 Å². The molecule has 1 heterocycles. The minimum atomic E-state index is -1.06. The number of benzene rings is 1. The van der Waals surface area contributed by atoms with Crippen molar-refractivity contribution in [3.05, 3.63) is 35.6 Å². The van der Waals surface area contributed by atoms with Gasteiger partial charge in [0.15, 0.2) is 0 Å². The van der Waals surface area contributed by atoms with Gasteiger partial charge >= 0.3 is 5.97 Å². The Balaban J connectivity index is 2.03. The first-order valence-corrected chi connectivity index (χ1v) is 5.74. The Bertz CT molecular complexity index is 539. The molecule has 1 atom stereocenters. The van der Waals surface area contributed by atoms with E-state index in [1.807, 2.05) is 24.3 Å². The molecule has 0 radical (unpaired) electrons. The molecule has 4 N–H and O–H groups in total. The van der Waals surface area contributed by atoms with E-state index >= 15 is 0 Å². The Morgan fingerprint density at radius 1 is 1.37 bits per heavy atom. The molecule has 0 spiro atoms. The van der Waals surface area contributed by atoms with Crippen LogP contribution in [0.15, 0.2) is 30.0 Å². The van der Waals surface area contributed by atoms with Crippen molar-refractivity contribution in [3.63, 3.8) is 0 Å². The van der Waals surface area contributed by atoms with Crippen molar-refractivity contribution in [2.45, 2.75) is 12.5 Å². The number of rotatable bonds is 4. The second-order valence-electron chi connectivity index (χ2n) is 4.14. The second-order valence-corrected chi connectivity index (χ2v) is 4.14. The van der Waals surface area contributed by atoms with Crippen molar-refractivity contribution in [1.29, 1.82) is 0 Å². The molecule has 1 aromatic rings. The van der Waals surface area contributed by atoms with Gasteiger partial charge in [0.2, 0.25) is 5.91 Å². The maximum Gasteiger partial charge on any atom is 0.328 e. The SMILES string of the molecule is NC(=O)C[C@H](N)C(=O)OC1=Cc2ccccc2OC1. The number of hydrogen-bond donors (Lipinski definition) is 2. The largest absolute Gasteiger partial charge is 0.485 e. The fourth-order valence-corrected chi connectivity index (χ4v) is 1.66. The van der Waals surface area contributed by atoms with Crippen molar-refractivity contribution in [2.24, 2.45) is 11.5 Å². The highest BCUT2D eigenvalue weighted by Gasteiger charge is 2.21. The highest BCUT2D eigenvalue weighted by atomic mass is 16.6. The fraction of sp³-hybridized carbons (Fsp3) is 0.231. The lowest BCUT2D eigenvalue weighted by molar-refractivity contribution is -0.142. The zero-order valence-electron chi connectivity index (χ0n) is 10.2. The van der Waals surface area contributed by atoms with Crippen LogP contribution in [0.2, 0.25) is 0 Å². The Morgan fingerprint density at radius 2 is 2.11 bits per heavy atom. The minimum absolute atomic E-state index is 0.145. The average molecular weight is 262 g/mol. The second kappa shape index (κ2) is 5.53. The number of nitrogens with two attached hydrogens (primary N) is 2. The van der Waals surface area contributed by atoms with Gasteiger partial charge < -0.3 is 20.9 Å². The van der Waals surface area contributed by atoms with Gasteiger partial charge in [0, 0.05) is 5.56 Å². The van der Waals surface area contributed by atoms with Crippen LogP contribution in [-0.2, 0) is 14.3 Å². The van der Waals surface area contributed by atoms with Crippen LogP contribution in [0.4, 0.5) is 0 Å². The van der Waals surface area contributed by atoms with E-state index in [1.165, 1.54) is 0 Å². The molecule has 1 amide bonds. The van der Waals surface area contributed by atoms with Gasteiger partial charge in [-0.25, -0.2) is 4.79 Å². The Hall–Kier alpha value is -2.34.